The topological polar surface area (TPSA) is 21.3 Å². The van der Waals surface area contributed by atoms with Crippen molar-refractivity contribution in [3.8, 4) is 0 Å². The van der Waals surface area contributed by atoms with Gasteiger partial charge in [-0.3, -0.25) is 0 Å². The third-order valence-corrected chi connectivity index (χ3v) is 4.40. The van der Waals surface area contributed by atoms with Crippen LogP contribution in [0.5, 0.6) is 0 Å². The van der Waals surface area contributed by atoms with E-state index in [1.165, 1.54) is 38.5 Å². The Labute approximate surface area is 86.4 Å². The molecule has 2 aliphatic heterocycles. The molecule has 0 aromatic carbocycles. The summed E-state index contributed by atoms with van der Waals surface area (Å²) in [6.07, 6.45) is 9.35. The first-order valence-electron chi connectivity index (χ1n) is 6.24. The van der Waals surface area contributed by atoms with Gasteiger partial charge in [0.05, 0.1) is 12.2 Å². The lowest BCUT2D eigenvalue weighted by Crippen LogP contribution is -2.46. The van der Waals surface area contributed by atoms with Gasteiger partial charge in [-0.15, -0.1) is 0 Å². The summed E-state index contributed by atoms with van der Waals surface area (Å²) in [7, 11) is 0. The first-order valence-corrected chi connectivity index (χ1v) is 6.24. The summed E-state index contributed by atoms with van der Waals surface area (Å²) in [5, 5.41) is 3.76. The maximum Gasteiger partial charge on any atom is 0.0623 e. The quantitative estimate of drug-likeness (QED) is 0.744. The molecule has 4 unspecified atom stereocenters. The molecule has 1 aliphatic carbocycles. The third kappa shape index (κ3) is 1.49. The van der Waals surface area contributed by atoms with Crippen molar-refractivity contribution >= 4 is 0 Å². The number of ether oxygens (including phenoxy) is 1. The minimum Gasteiger partial charge on any atom is -0.375 e. The number of nitrogens with one attached hydrogen (secondary N) is 1. The maximum atomic E-state index is 5.90. The lowest BCUT2D eigenvalue weighted by molar-refractivity contribution is 0.0847. The summed E-state index contributed by atoms with van der Waals surface area (Å²) in [5.74, 6) is 0.800. The second kappa shape index (κ2) is 3.49. The van der Waals surface area contributed by atoms with Gasteiger partial charge < -0.3 is 10.1 Å². The normalized spacial score (nSPS) is 43.9. The van der Waals surface area contributed by atoms with Crippen LogP contribution in [-0.2, 0) is 4.74 Å². The molecule has 4 atom stereocenters. The van der Waals surface area contributed by atoms with E-state index in [0.717, 1.165) is 12.0 Å². The van der Waals surface area contributed by atoms with Crippen LogP contribution in [0.1, 0.15) is 45.4 Å². The van der Waals surface area contributed by atoms with Gasteiger partial charge in [-0.25, -0.2) is 0 Å². The molecule has 14 heavy (non-hydrogen) atoms. The van der Waals surface area contributed by atoms with Crippen molar-refractivity contribution in [2.45, 2.75) is 69.7 Å². The molecule has 3 rings (SSSR count). The SMILES string of the molecule is CC(NC1CCC1)C1CC2CCC1O2. The molecule has 0 amide bonds. The lowest BCUT2D eigenvalue weighted by Gasteiger charge is -2.34. The summed E-state index contributed by atoms with van der Waals surface area (Å²) in [6, 6.07) is 1.50. The Morgan fingerprint density at radius 2 is 2.07 bits per heavy atom. The van der Waals surface area contributed by atoms with Gasteiger partial charge in [-0.2, -0.15) is 0 Å². The van der Waals surface area contributed by atoms with Crippen LogP contribution in [0.25, 0.3) is 0 Å². The van der Waals surface area contributed by atoms with E-state index in [4.69, 9.17) is 4.74 Å². The number of rotatable bonds is 3. The Balaban J connectivity index is 1.54. The van der Waals surface area contributed by atoms with Crippen molar-refractivity contribution in [2.75, 3.05) is 0 Å². The first kappa shape index (κ1) is 9.17. The molecule has 2 nitrogen and oxygen atoms in total. The van der Waals surface area contributed by atoms with E-state index >= 15 is 0 Å². The van der Waals surface area contributed by atoms with E-state index in [1.807, 2.05) is 0 Å². The van der Waals surface area contributed by atoms with Crippen molar-refractivity contribution in [1.82, 2.24) is 5.32 Å². The summed E-state index contributed by atoms with van der Waals surface area (Å²) in [6.45, 7) is 2.35. The van der Waals surface area contributed by atoms with Crippen LogP contribution in [0.2, 0.25) is 0 Å². The van der Waals surface area contributed by atoms with Crippen molar-refractivity contribution in [2.24, 2.45) is 5.92 Å². The molecule has 2 bridgehead atoms. The van der Waals surface area contributed by atoms with E-state index in [0.29, 0.717) is 18.2 Å². The van der Waals surface area contributed by atoms with Crippen LogP contribution in [0.4, 0.5) is 0 Å². The summed E-state index contributed by atoms with van der Waals surface area (Å²) in [5.41, 5.74) is 0. The van der Waals surface area contributed by atoms with E-state index in [-0.39, 0.29) is 0 Å². The molecule has 2 saturated heterocycles. The molecular formula is C12H21NO. The van der Waals surface area contributed by atoms with Gasteiger partial charge in [-0.1, -0.05) is 6.42 Å². The van der Waals surface area contributed by atoms with Crippen molar-refractivity contribution in [3.63, 3.8) is 0 Å². The maximum absolute atomic E-state index is 5.90. The second-order valence-electron chi connectivity index (χ2n) is 5.36. The predicted molar refractivity (Wildman–Crippen MR) is 56.2 cm³/mol. The van der Waals surface area contributed by atoms with Crippen LogP contribution in [-0.4, -0.2) is 24.3 Å². The second-order valence-corrected chi connectivity index (χ2v) is 5.36. The van der Waals surface area contributed by atoms with Gasteiger partial charge in [0.1, 0.15) is 0 Å². The molecule has 2 heterocycles. The minimum absolute atomic E-state index is 0.586. The molecule has 2 heteroatoms. The van der Waals surface area contributed by atoms with Gasteiger partial charge in [0.25, 0.3) is 0 Å². The molecule has 3 aliphatic rings. The van der Waals surface area contributed by atoms with Crippen LogP contribution < -0.4 is 5.32 Å². The Morgan fingerprint density at radius 3 is 2.57 bits per heavy atom. The zero-order valence-corrected chi connectivity index (χ0v) is 9.04. The number of fused-ring (bicyclic) bond motifs is 2. The highest BCUT2D eigenvalue weighted by atomic mass is 16.5. The molecule has 1 saturated carbocycles. The van der Waals surface area contributed by atoms with Gasteiger partial charge >= 0.3 is 0 Å². The van der Waals surface area contributed by atoms with E-state index in [2.05, 4.69) is 12.2 Å². The van der Waals surface area contributed by atoms with Crippen LogP contribution in [0, 0.1) is 5.92 Å². The average Bonchev–Trinajstić information content (AvgIpc) is 2.71. The molecule has 0 aromatic rings. The van der Waals surface area contributed by atoms with Gasteiger partial charge in [-0.05, 0) is 39.0 Å². The molecule has 0 aromatic heterocycles. The van der Waals surface area contributed by atoms with Crippen LogP contribution >= 0.6 is 0 Å². The van der Waals surface area contributed by atoms with Crippen molar-refractivity contribution in [3.05, 3.63) is 0 Å². The highest BCUT2D eigenvalue weighted by molar-refractivity contribution is 4.95. The first-order chi connectivity index (χ1) is 6.83. The minimum atomic E-state index is 0.586. The Morgan fingerprint density at radius 1 is 1.21 bits per heavy atom. The Bertz CT molecular complexity index is 214. The largest absolute Gasteiger partial charge is 0.375 e. The van der Waals surface area contributed by atoms with Crippen LogP contribution in [0.15, 0.2) is 0 Å². The monoisotopic (exact) mass is 195 g/mol. The van der Waals surface area contributed by atoms with E-state index in [9.17, 15) is 0 Å². The standard InChI is InChI=1S/C12H21NO/c1-8(13-9-3-2-4-9)11-7-10-5-6-12(11)14-10/h8-13H,2-7H2,1H3. The fraction of sp³-hybridized carbons (Fsp3) is 1.00. The van der Waals surface area contributed by atoms with Gasteiger partial charge in [0.15, 0.2) is 0 Å². The molecular weight excluding hydrogens is 174 g/mol. The average molecular weight is 195 g/mol. The molecule has 1 N–H and O–H groups in total. The zero-order valence-electron chi connectivity index (χ0n) is 9.04. The summed E-state index contributed by atoms with van der Waals surface area (Å²) in [4.78, 5) is 0. The molecule has 0 spiro atoms. The number of hydrogen-bond acceptors (Lipinski definition) is 2. The van der Waals surface area contributed by atoms with E-state index in [1.54, 1.807) is 0 Å². The highest BCUT2D eigenvalue weighted by Gasteiger charge is 2.43. The van der Waals surface area contributed by atoms with E-state index < -0.39 is 0 Å². The number of hydrogen-bond donors (Lipinski definition) is 1. The molecule has 3 fully saturated rings. The zero-order chi connectivity index (χ0) is 9.54. The smallest absolute Gasteiger partial charge is 0.0623 e. The fourth-order valence-electron chi connectivity index (χ4n) is 3.27. The third-order valence-electron chi connectivity index (χ3n) is 4.40. The summed E-state index contributed by atoms with van der Waals surface area (Å²) >= 11 is 0. The van der Waals surface area contributed by atoms with Gasteiger partial charge in [0, 0.05) is 18.0 Å². The highest BCUT2D eigenvalue weighted by Crippen LogP contribution is 2.40. The fourth-order valence-corrected chi connectivity index (χ4v) is 3.27. The van der Waals surface area contributed by atoms with Crippen LogP contribution in [0.3, 0.4) is 0 Å². The predicted octanol–water partition coefficient (Wildman–Crippen LogP) is 2.08. The summed E-state index contributed by atoms with van der Waals surface area (Å²) < 4.78 is 5.90. The molecule has 0 radical (unpaired) electrons. The van der Waals surface area contributed by atoms with Crippen molar-refractivity contribution in [1.29, 1.82) is 0 Å². The molecule has 80 valence electrons. The lowest BCUT2D eigenvalue weighted by atomic mass is 9.83. The van der Waals surface area contributed by atoms with Gasteiger partial charge in [0.2, 0.25) is 0 Å². The Kier molecular flexibility index (Phi) is 2.29. The van der Waals surface area contributed by atoms with Crippen molar-refractivity contribution < 1.29 is 4.74 Å². The Hall–Kier alpha value is -0.0800.